The molecule has 0 amide bonds. The third-order valence-electron chi connectivity index (χ3n) is 4.27. The molecule has 0 aromatic carbocycles. The molecule has 0 saturated heterocycles. The van der Waals surface area contributed by atoms with Crippen LogP contribution >= 0.6 is 0 Å². The van der Waals surface area contributed by atoms with Gasteiger partial charge in [0.05, 0.1) is 24.2 Å². The number of hydrogen-bond donors (Lipinski definition) is 0. The number of carbonyl (C=O) groups excluding carboxylic acids is 1. The summed E-state index contributed by atoms with van der Waals surface area (Å²) in [7, 11) is 0. The highest BCUT2D eigenvalue weighted by molar-refractivity contribution is 5.93. The maximum atomic E-state index is 12.8. The van der Waals surface area contributed by atoms with Gasteiger partial charge in [0.2, 0.25) is 5.43 Å². The van der Waals surface area contributed by atoms with Crippen LogP contribution in [0.3, 0.4) is 0 Å². The fraction of sp³-hybridized carbons (Fsp3) is 0.300. The predicted octanol–water partition coefficient (Wildman–Crippen LogP) is 2.94. The van der Waals surface area contributed by atoms with E-state index >= 15 is 0 Å². The van der Waals surface area contributed by atoms with Crippen LogP contribution in [0.1, 0.15) is 39.9 Å². The van der Waals surface area contributed by atoms with Gasteiger partial charge in [-0.05, 0) is 51.5 Å². The Hall–Kier alpha value is -3.02. The molecule has 0 N–H and O–H groups in total. The quantitative estimate of drug-likeness (QED) is 0.676. The Balaban J connectivity index is 2.25. The average molecular weight is 351 g/mol. The van der Waals surface area contributed by atoms with Gasteiger partial charge in [-0.3, -0.25) is 9.78 Å². The standard InChI is InChI=1S/C20H21N3O3/c1-5-26-20(25)17-11-23(10-15-8-6-7-13(3)21-15)19-16(18(17)24)9-12(2)14(4)22-19/h6-9,11H,5,10H2,1-4H3. The zero-order chi connectivity index (χ0) is 18.8. The molecule has 3 heterocycles. The first-order chi connectivity index (χ1) is 12.4. The summed E-state index contributed by atoms with van der Waals surface area (Å²) >= 11 is 0. The van der Waals surface area contributed by atoms with Gasteiger partial charge in [0.25, 0.3) is 0 Å². The highest BCUT2D eigenvalue weighted by atomic mass is 16.5. The largest absolute Gasteiger partial charge is 0.462 e. The third-order valence-corrected chi connectivity index (χ3v) is 4.27. The van der Waals surface area contributed by atoms with Crippen molar-refractivity contribution in [2.45, 2.75) is 34.2 Å². The number of pyridine rings is 3. The van der Waals surface area contributed by atoms with Crippen molar-refractivity contribution in [3.8, 4) is 0 Å². The Kier molecular flexibility index (Phi) is 4.84. The number of rotatable bonds is 4. The topological polar surface area (TPSA) is 74.1 Å². The maximum Gasteiger partial charge on any atom is 0.343 e. The summed E-state index contributed by atoms with van der Waals surface area (Å²) in [5, 5.41) is 0.409. The summed E-state index contributed by atoms with van der Waals surface area (Å²) in [4.78, 5) is 34.1. The number of hydrogen-bond acceptors (Lipinski definition) is 5. The zero-order valence-corrected chi connectivity index (χ0v) is 15.4. The van der Waals surface area contributed by atoms with E-state index in [9.17, 15) is 9.59 Å². The summed E-state index contributed by atoms with van der Waals surface area (Å²) in [6.07, 6.45) is 1.52. The lowest BCUT2D eigenvalue weighted by molar-refractivity contribution is 0.0524. The first-order valence-electron chi connectivity index (χ1n) is 8.51. The van der Waals surface area contributed by atoms with Crippen molar-refractivity contribution in [3.05, 3.63) is 68.9 Å². The Morgan fingerprint density at radius 1 is 1.19 bits per heavy atom. The molecule has 0 aliphatic heterocycles. The van der Waals surface area contributed by atoms with Gasteiger partial charge in [0, 0.05) is 17.6 Å². The first kappa shape index (κ1) is 17.8. The molecule has 0 saturated carbocycles. The molecule has 3 aromatic rings. The molecule has 6 heteroatoms. The van der Waals surface area contributed by atoms with Crippen molar-refractivity contribution in [2.24, 2.45) is 0 Å². The molecule has 0 aliphatic rings. The van der Waals surface area contributed by atoms with Gasteiger partial charge in [0.15, 0.2) is 0 Å². The monoisotopic (exact) mass is 351 g/mol. The summed E-state index contributed by atoms with van der Waals surface area (Å²) in [6.45, 7) is 8.03. The molecule has 0 bridgehead atoms. The number of fused-ring (bicyclic) bond motifs is 1. The molecule has 0 aliphatic carbocycles. The van der Waals surface area contributed by atoms with Crippen LogP contribution in [0.2, 0.25) is 0 Å². The minimum atomic E-state index is -0.622. The van der Waals surface area contributed by atoms with Crippen LogP contribution in [0.4, 0.5) is 0 Å². The molecule has 0 spiro atoms. The van der Waals surface area contributed by atoms with Crippen LogP contribution in [-0.4, -0.2) is 27.1 Å². The Labute approximate surface area is 151 Å². The molecule has 0 fully saturated rings. The van der Waals surface area contributed by atoms with E-state index in [1.807, 2.05) is 39.0 Å². The highest BCUT2D eigenvalue weighted by Crippen LogP contribution is 2.16. The Morgan fingerprint density at radius 2 is 1.96 bits per heavy atom. The number of nitrogens with zero attached hydrogens (tertiary/aromatic N) is 3. The Morgan fingerprint density at radius 3 is 2.65 bits per heavy atom. The van der Waals surface area contributed by atoms with Crippen LogP contribution in [-0.2, 0) is 11.3 Å². The molecular formula is C20H21N3O3. The van der Waals surface area contributed by atoms with Gasteiger partial charge in [-0.25, -0.2) is 9.78 Å². The van der Waals surface area contributed by atoms with E-state index in [4.69, 9.17) is 4.74 Å². The van der Waals surface area contributed by atoms with Gasteiger partial charge in [-0.15, -0.1) is 0 Å². The minimum Gasteiger partial charge on any atom is -0.462 e. The fourth-order valence-electron chi connectivity index (χ4n) is 2.84. The number of carbonyl (C=O) groups is 1. The number of ether oxygens (including phenoxy) is 1. The van der Waals surface area contributed by atoms with Crippen LogP contribution in [0.15, 0.2) is 35.3 Å². The molecular weight excluding hydrogens is 330 g/mol. The summed E-state index contributed by atoms with van der Waals surface area (Å²) in [5.74, 6) is -0.622. The van der Waals surface area contributed by atoms with E-state index < -0.39 is 5.97 Å². The predicted molar refractivity (Wildman–Crippen MR) is 99.5 cm³/mol. The van der Waals surface area contributed by atoms with Crippen molar-refractivity contribution in [2.75, 3.05) is 6.61 Å². The number of esters is 1. The summed E-state index contributed by atoms with van der Waals surface area (Å²) in [5.41, 5.74) is 3.65. The molecule has 134 valence electrons. The SMILES string of the molecule is CCOC(=O)c1cn(Cc2cccc(C)n2)c2nc(C)c(C)cc2c1=O. The fourth-order valence-corrected chi connectivity index (χ4v) is 2.84. The van der Waals surface area contributed by atoms with E-state index in [1.54, 1.807) is 17.6 Å². The number of aromatic nitrogens is 3. The van der Waals surface area contributed by atoms with E-state index in [2.05, 4.69) is 9.97 Å². The zero-order valence-electron chi connectivity index (χ0n) is 15.4. The van der Waals surface area contributed by atoms with E-state index in [1.165, 1.54) is 6.20 Å². The van der Waals surface area contributed by atoms with Gasteiger partial charge in [0.1, 0.15) is 11.2 Å². The third kappa shape index (κ3) is 3.35. The van der Waals surface area contributed by atoms with Crippen molar-refractivity contribution >= 4 is 17.0 Å². The normalized spacial score (nSPS) is 10.9. The lowest BCUT2D eigenvalue weighted by atomic mass is 10.1. The summed E-state index contributed by atoms with van der Waals surface area (Å²) < 4.78 is 6.84. The van der Waals surface area contributed by atoms with Gasteiger partial charge < -0.3 is 9.30 Å². The van der Waals surface area contributed by atoms with Crippen LogP contribution in [0.5, 0.6) is 0 Å². The van der Waals surface area contributed by atoms with E-state index in [0.29, 0.717) is 17.6 Å². The second-order valence-electron chi connectivity index (χ2n) is 6.25. The molecule has 3 rings (SSSR count). The smallest absolute Gasteiger partial charge is 0.343 e. The molecule has 3 aromatic heterocycles. The van der Waals surface area contributed by atoms with Crippen molar-refractivity contribution in [1.82, 2.24) is 14.5 Å². The second-order valence-corrected chi connectivity index (χ2v) is 6.25. The minimum absolute atomic E-state index is 0.0112. The maximum absolute atomic E-state index is 12.8. The number of aryl methyl sites for hydroxylation is 3. The van der Waals surface area contributed by atoms with Gasteiger partial charge in [-0.1, -0.05) is 6.07 Å². The Bertz CT molecular complexity index is 1050. The van der Waals surface area contributed by atoms with E-state index in [0.717, 1.165) is 22.6 Å². The molecule has 0 atom stereocenters. The molecule has 0 radical (unpaired) electrons. The molecule has 6 nitrogen and oxygen atoms in total. The lowest BCUT2D eigenvalue weighted by Gasteiger charge is -2.14. The van der Waals surface area contributed by atoms with Gasteiger partial charge >= 0.3 is 5.97 Å². The van der Waals surface area contributed by atoms with Crippen molar-refractivity contribution in [3.63, 3.8) is 0 Å². The van der Waals surface area contributed by atoms with Crippen LogP contribution in [0, 0.1) is 20.8 Å². The van der Waals surface area contributed by atoms with Crippen LogP contribution in [0.25, 0.3) is 11.0 Å². The van der Waals surface area contributed by atoms with Crippen molar-refractivity contribution < 1.29 is 9.53 Å². The molecule has 0 unspecified atom stereocenters. The van der Waals surface area contributed by atoms with E-state index in [-0.39, 0.29) is 17.6 Å². The lowest BCUT2D eigenvalue weighted by Crippen LogP contribution is -2.22. The second kappa shape index (κ2) is 7.07. The first-order valence-corrected chi connectivity index (χ1v) is 8.51. The molecule has 26 heavy (non-hydrogen) atoms. The van der Waals surface area contributed by atoms with Gasteiger partial charge in [-0.2, -0.15) is 0 Å². The average Bonchev–Trinajstić information content (AvgIpc) is 2.59. The summed E-state index contributed by atoms with van der Waals surface area (Å²) in [6, 6.07) is 7.53. The van der Waals surface area contributed by atoms with Crippen molar-refractivity contribution in [1.29, 1.82) is 0 Å². The highest BCUT2D eigenvalue weighted by Gasteiger charge is 2.18. The van der Waals surface area contributed by atoms with Crippen LogP contribution < -0.4 is 5.43 Å².